The van der Waals surface area contributed by atoms with Gasteiger partial charge in [-0.2, -0.15) is 0 Å². The molecule has 1 aliphatic heterocycles. The molecule has 0 bridgehead atoms. The van der Waals surface area contributed by atoms with Crippen LogP contribution in [0.2, 0.25) is 0 Å². The van der Waals surface area contributed by atoms with E-state index in [0.717, 1.165) is 24.5 Å². The number of benzene rings is 1. The standard InChI is InChI=1S/C21H21NO3S2/c1-12-7-8-13-15-11-26-19(10-18(15)27-17(13)9-12)20(23)22-16-6-4-3-5-14(16)21(24)25-2/h3-6,10,12H,7-9,11H2,1-2H3,(H,22,23)/t12-/m0/s1. The molecule has 2 aromatic rings. The van der Waals surface area contributed by atoms with Gasteiger partial charge in [0.2, 0.25) is 0 Å². The van der Waals surface area contributed by atoms with Crippen molar-refractivity contribution >= 4 is 46.7 Å². The topological polar surface area (TPSA) is 55.4 Å². The van der Waals surface area contributed by atoms with Crippen LogP contribution in [0.5, 0.6) is 0 Å². The van der Waals surface area contributed by atoms with E-state index in [0.29, 0.717) is 16.2 Å². The van der Waals surface area contributed by atoms with E-state index in [-0.39, 0.29) is 5.91 Å². The van der Waals surface area contributed by atoms with Gasteiger partial charge in [-0.15, -0.1) is 23.1 Å². The van der Waals surface area contributed by atoms with E-state index in [1.54, 1.807) is 36.0 Å². The number of carbonyl (C=O) groups is 2. The van der Waals surface area contributed by atoms with Gasteiger partial charge in [0.25, 0.3) is 5.91 Å². The maximum absolute atomic E-state index is 12.8. The van der Waals surface area contributed by atoms with Gasteiger partial charge in [0, 0.05) is 15.5 Å². The van der Waals surface area contributed by atoms with Gasteiger partial charge in [0.05, 0.1) is 23.3 Å². The molecule has 1 atom stereocenters. The first-order valence-electron chi connectivity index (χ1n) is 9.03. The second kappa shape index (κ2) is 7.52. The number of para-hydroxylation sites is 1. The van der Waals surface area contributed by atoms with Crippen molar-refractivity contribution in [3.8, 4) is 0 Å². The summed E-state index contributed by atoms with van der Waals surface area (Å²) in [5.74, 6) is 0.945. The fourth-order valence-electron chi connectivity index (χ4n) is 3.62. The van der Waals surface area contributed by atoms with Gasteiger partial charge in [-0.05, 0) is 54.5 Å². The monoisotopic (exact) mass is 399 g/mol. The Hall–Kier alpha value is -2.05. The van der Waals surface area contributed by atoms with Crippen LogP contribution in [0.4, 0.5) is 5.69 Å². The zero-order valence-electron chi connectivity index (χ0n) is 15.3. The van der Waals surface area contributed by atoms with Gasteiger partial charge in [0.1, 0.15) is 0 Å². The molecule has 2 aliphatic rings. The van der Waals surface area contributed by atoms with E-state index in [2.05, 4.69) is 12.2 Å². The van der Waals surface area contributed by atoms with Crippen LogP contribution in [-0.4, -0.2) is 19.0 Å². The van der Waals surface area contributed by atoms with Gasteiger partial charge in [-0.25, -0.2) is 4.79 Å². The number of hydrogen-bond donors (Lipinski definition) is 1. The van der Waals surface area contributed by atoms with Crippen LogP contribution in [-0.2, 0) is 28.1 Å². The fourth-order valence-corrected chi connectivity index (χ4v) is 6.27. The summed E-state index contributed by atoms with van der Waals surface area (Å²) in [6.07, 6.45) is 5.57. The molecule has 0 fully saturated rings. The molecule has 4 nitrogen and oxygen atoms in total. The highest BCUT2D eigenvalue weighted by Gasteiger charge is 2.27. The molecule has 1 aliphatic carbocycles. The van der Waals surface area contributed by atoms with Crippen LogP contribution < -0.4 is 5.32 Å². The molecule has 6 heteroatoms. The molecule has 4 rings (SSSR count). The molecular weight excluding hydrogens is 378 g/mol. The first-order valence-corrected chi connectivity index (χ1v) is 10.8. The summed E-state index contributed by atoms with van der Waals surface area (Å²) in [6.45, 7) is 2.31. The number of amides is 1. The van der Waals surface area contributed by atoms with Crippen molar-refractivity contribution in [3.05, 3.63) is 55.6 Å². The van der Waals surface area contributed by atoms with Gasteiger partial charge in [0.15, 0.2) is 0 Å². The molecule has 1 aromatic heterocycles. The van der Waals surface area contributed by atoms with Crippen molar-refractivity contribution in [2.45, 2.75) is 31.9 Å². The number of methoxy groups -OCH3 is 1. The molecule has 2 heterocycles. The SMILES string of the molecule is COC(=O)c1ccccc1NC(=O)C1=Cc2sc3c(c2CS1)CC[C@H](C)C3. The maximum Gasteiger partial charge on any atom is 0.339 e. The highest BCUT2D eigenvalue weighted by atomic mass is 32.2. The quantitative estimate of drug-likeness (QED) is 0.747. The molecule has 0 unspecified atom stereocenters. The Balaban J connectivity index is 1.58. The minimum atomic E-state index is -0.460. The van der Waals surface area contributed by atoms with E-state index in [1.165, 1.54) is 34.4 Å². The van der Waals surface area contributed by atoms with Crippen molar-refractivity contribution in [1.29, 1.82) is 0 Å². The van der Waals surface area contributed by atoms with Crippen molar-refractivity contribution < 1.29 is 14.3 Å². The Morgan fingerprint density at radius 3 is 2.85 bits per heavy atom. The number of anilines is 1. The lowest BCUT2D eigenvalue weighted by molar-refractivity contribution is -0.112. The van der Waals surface area contributed by atoms with Crippen LogP contribution in [0.3, 0.4) is 0 Å². The fraction of sp³-hybridized carbons (Fsp3) is 0.333. The molecule has 0 spiro atoms. The average Bonchev–Trinajstić information content (AvgIpc) is 3.04. The largest absolute Gasteiger partial charge is 0.465 e. The van der Waals surface area contributed by atoms with Crippen molar-refractivity contribution in [3.63, 3.8) is 0 Å². The predicted molar refractivity (Wildman–Crippen MR) is 111 cm³/mol. The molecule has 140 valence electrons. The lowest BCUT2D eigenvalue weighted by Gasteiger charge is -2.20. The molecule has 1 aromatic carbocycles. The second-order valence-electron chi connectivity index (χ2n) is 6.98. The number of fused-ring (bicyclic) bond motifs is 3. The number of nitrogens with one attached hydrogen (secondary N) is 1. The number of ether oxygens (including phenoxy) is 1. The summed E-state index contributed by atoms with van der Waals surface area (Å²) in [5.41, 5.74) is 3.77. The molecule has 0 saturated carbocycles. The van der Waals surface area contributed by atoms with E-state index in [9.17, 15) is 9.59 Å². The van der Waals surface area contributed by atoms with E-state index in [4.69, 9.17) is 4.74 Å². The minimum Gasteiger partial charge on any atom is -0.465 e. The van der Waals surface area contributed by atoms with Crippen molar-refractivity contribution in [2.24, 2.45) is 5.92 Å². The zero-order valence-corrected chi connectivity index (χ0v) is 17.0. The number of rotatable bonds is 3. The third-order valence-electron chi connectivity index (χ3n) is 5.09. The maximum atomic E-state index is 12.8. The first kappa shape index (κ1) is 18.3. The van der Waals surface area contributed by atoms with Gasteiger partial charge >= 0.3 is 5.97 Å². The van der Waals surface area contributed by atoms with E-state index < -0.39 is 5.97 Å². The molecular formula is C21H21NO3S2. The Morgan fingerprint density at radius 1 is 1.22 bits per heavy atom. The summed E-state index contributed by atoms with van der Waals surface area (Å²) < 4.78 is 4.80. The van der Waals surface area contributed by atoms with Gasteiger partial charge in [-0.1, -0.05) is 19.1 Å². The first-order chi connectivity index (χ1) is 13.1. The third-order valence-corrected chi connectivity index (χ3v) is 7.38. The molecule has 27 heavy (non-hydrogen) atoms. The summed E-state index contributed by atoms with van der Waals surface area (Å²) in [4.78, 5) is 28.1. The Bertz CT molecular complexity index is 945. The van der Waals surface area contributed by atoms with Crippen LogP contribution in [0, 0.1) is 5.92 Å². The summed E-state index contributed by atoms with van der Waals surface area (Å²) in [5, 5.41) is 2.87. The van der Waals surface area contributed by atoms with Crippen LogP contribution in [0.15, 0.2) is 29.2 Å². The highest BCUT2D eigenvalue weighted by molar-refractivity contribution is 8.03. The number of hydrogen-bond acceptors (Lipinski definition) is 5. The Morgan fingerprint density at radius 2 is 2.04 bits per heavy atom. The normalized spacial score (nSPS) is 18.1. The molecule has 0 saturated heterocycles. The molecule has 1 N–H and O–H groups in total. The Labute approximate surface area is 167 Å². The average molecular weight is 400 g/mol. The third kappa shape index (κ3) is 3.56. The second-order valence-corrected chi connectivity index (χ2v) is 9.14. The number of thioether (sulfide) groups is 1. The van der Waals surface area contributed by atoms with Crippen molar-refractivity contribution in [1.82, 2.24) is 0 Å². The predicted octanol–water partition coefficient (Wildman–Crippen LogP) is 4.89. The van der Waals surface area contributed by atoms with Crippen LogP contribution >= 0.6 is 23.1 Å². The smallest absolute Gasteiger partial charge is 0.339 e. The van der Waals surface area contributed by atoms with Gasteiger partial charge < -0.3 is 10.1 Å². The van der Waals surface area contributed by atoms with Crippen LogP contribution in [0.25, 0.3) is 6.08 Å². The summed E-state index contributed by atoms with van der Waals surface area (Å²) in [7, 11) is 1.33. The number of carbonyl (C=O) groups excluding carboxylic acids is 2. The van der Waals surface area contributed by atoms with Crippen molar-refractivity contribution in [2.75, 3.05) is 12.4 Å². The highest BCUT2D eigenvalue weighted by Crippen LogP contribution is 2.43. The summed E-state index contributed by atoms with van der Waals surface area (Å²) >= 11 is 3.41. The lowest BCUT2D eigenvalue weighted by Crippen LogP contribution is -2.17. The van der Waals surface area contributed by atoms with E-state index in [1.807, 2.05) is 17.4 Å². The zero-order chi connectivity index (χ0) is 19.0. The Kier molecular flexibility index (Phi) is 5.10. The number of thiophene rings is 1. The molecule has 1 amide bonds. The summed E-state index contributed by atoms with van der Waals surface area (Å²) in [6, 6.07) is 6.91. The van der Waals surface area contributed by atoms with Gasteiger partial charge in [-0.3, -0.25) is 4.79 Å². The lowest BCUT2D eigenvalue weighted by atomic mass is 9.88. The van der Waals surface area contributed by atoms with E-state index >= 15 is 0 Å². The minimum absolute atomic E-state index is 0.179. The van der Waals surface area contributed by atoms with Crippen LogP contribution in [0.1, 0.15) is 44.6 Å². The molecule has 0 radical (unpaired) electrons. The number of esters is 1.